The van der Waals surface area contributed by atoms with Crippen LogP contribution < -0.4 is 0 Å². The van der Waals surface area contributed by atoms with Crippen LogP contribution in [0.25, 0.3) is 0 Å². The van der Waals surface area contributed by atoms with Gasteiger partial charge in [0.25, 0.3) is 0 Å². The second-order valence-electron chi connectivity index (χ2n) is 29.7. The quantitative estimate of drug-likeness (QED) is 0.129. The van der Waals surface area contributed by atoms with Gasteiger partial charge < -0.3 is 30.3 Å². The topological polar surface area (TPSA) is 162 Å². The zero-order chi connectivity index (χ0) is 50.2. The number of allylic oxidation sites excluding steroid dienone is 4. The molecule has 0 radical (unpaired) electrons. The largest absolute Gasteiger partial charge is 0.481 e. The lowest BCUT2D eigenvalue weighted by atomic mass is 9.33. The van der Waals surface area contributed by atoms with Gasteiger partial charge in [-0.25, -0.2) is 0 Å². The average molecular weight is 957 g/mol. The summed E-state index contributed by atoms with van der Waals surface area (Å²) in [5.41, 5.74) is -1.59. The number of hydrogen-bond donors (Lipinski definition) is 5. The molecule has 10 aliphatic carbocycles. The Bertz CT molecular complexity index is 2230. The van der Waals surface area contributed by atoms with Gasteiger partial charge >= 0.3 is 17.9 Å². The van der Waals surface area contributed by atoms with Crippen LogP contribution in [-0.2, 0) is 19.1 Å². The number of fused-ring (bicyclic) bond motifs is 14. The van der Waals surface area contributed by atoms with Crippen molar-refractivity contribution in [2.45, 2.75) is 217 Å². The molecule has 10 rings (SSSR count). The monoisotopic (exact) mass is 957 g/mol. The van der Waals surface area contributed by atoms with E-state index in [1.807, 2.05) is 6.92 Å². The number of ether oxygens (including phenoxy) is 1. The minimum atomic E-state index is -0.935. The van der Waals surface area contributed by atoms with Gasteiger partial charge in [0.1, 0.15) is 0 Å². The van der Waals surface area contributed by atoms with Gasteiger partial charge in [0.15, 0.2) is 0 Å². The van der Waals surface area contributed by atoms with E-state index in [0.29, 0.717) is 75.5 Å². The minimum Gasteiger partial charge on any atom is -0.481 e. The van der Waals surface area contributed by atoms with E-state index in [-0.39, 0.29) is 80.9 Å². The molecule has 0 aromatic rings. The molecule has 19 unspecified atom stereocenters. The zero-order valence-electron chi connectivity index (χ0n) is 44.7. The van der Waals surface area contributed by atoms with Gasteiger partial charge in [0.2, 0.25) is 0 Å². The number of carboxylic acid groups (broad SMARTS) is 2. The lowest BCUT2D eigenvalue weighted by Gasteiger charge is -2.71. The van der Waals surface area contributed by atoms with E-state index in [0.717, 1.165) is 70.6 Å². The Morgan fingerprint density at radius 2 is 1.07 bits per heavy atom. The molecule has 10 aliphatic rings. The summed E-state index contributed by atoms with van der Waals surface area (Å²) in [5.74, 6) is -0.651. The van der Waals surface area contributed by atoms with Crippen molar-refractivity contribution in [1.29, 1.82) is 0 Å². The highest BCUT2D eigenvalue weighted by molar-refractivity contribution is 5.80. The number of esters is 1. The van der Waals surface area contributed by atoms with Gasteiger partial charge in [0.05, 0.1) is 41.7 Å². The fourth-order valence-electron chi connectivity index (χ4n) is 22.0. The van der Waals surface area contributed by atoms with Crippen LogP contribution in [0.3, 0.4) is 0 Å². The van der Waals surface area contributed by atoms with E-state index < -0.39 is 45.1 Å². The Morgan fingerprint density at radius 1 is 0.565 bits per heavy atom. The number of aliphatic hydroxyl groups excluding tert-OH is 3. The molecule has 5 N–H and O–H groups in total. The van der Waals surface area contributed by atoms with Gasteiger partial charge in [-0.15, -0.1) is 0 Å². The Balaban J connectivity index is 0.904. The van der Waals surface area contributed by atoms with E-state index in [9.17, 15) is 39.9 Å². The average Bonchev–Trinajstić information content (AvgIpc) is 3.26. The molecule has 0 saturated heterocycles. The maximum atomic E-state index is 14.9. The van der Waals surface area contributed by atoms with Crippen LogP contribution in [0.5, 0.6) is 0 Å². The predicted molar refractivity (Wildman–Crippen MR) is 266 cm³/mol. The van der Waals surface area contributed by atoms with Crippen molar-refractivity contribution in [2.75, 3.05) is 13.2 Å². The molecule has 8 saturated carbocycles. The molecule has 19 atom stereocenters. The summed E-state index contributed by atoms with van der Waals surface area (Å²) < 4.78 is 6.58. The molecule has 0 aliphatic heterocycles. The Kier molecular flexibility index (Phi) is 11.2. The van der Waals surface area contributed by atoms with Crippen molar-refractivity contribution in [3.8, 4) is 0 Å². The molecule has 9 nitrogen and oxygen atoms in total. The summed E-state index contributed by atoms with van der Waals surface area (Å²) in [6.45, 7) is 26.0. The maximum absolute atomic E-state index is 14.9. The second kappa shape index (κ2) is 15.4. The highest BCUT2D eigenvalue weighted by atomic mass is 16.5. The van der Waals surface area contributed by atoms with Gasteiger partial charge in [-0.1, -0.05) is 92.5 Å². The summed E-state index contributed by atoms with van der Waals surface area (Å²) in [5, 5.41) is 55.7. The molecule has 0 aromatic heterocycles. The van der Waals surface area contributed by atoms with E-state index in [1.165, 1.54) is 11.1 Å². The fraction of sp³-hybridized carbons (Fsp3) is 0.883. The number of carbonyl (C=O) groups excluding carboxylic acids is 1. The maximum Gasteiger partial charge on any atom is 0.311 e. The number of carbonyl (C=O) groups is 3. The first-order chi connectivity index (χ1) is 31.9. The normalized spacial score (nSPS) is 55.0. The van der Waals surface area contributed by atoms with Crippen molar-refractivity contribution >= 4 is 17.9 Å². The molecular formula is C60H92O9. The lowest BCUT2D eigenvalue weighted by molar-refractivity contribution is -0.217. The molecule has 9 heteroatoms. The van der Waals surface area contributed by atoms with Crippen LogP contribution in [-0.4, -0.2) is 68.9 Å². The van der Waals surface area contributed by atoms with Crippen LogP contribution >= 0.6 is 0 Å². The first kappa shape index (κ1) is 50.3. The second-order valence-corrected chi connectivity index (χ2v) is 29.7. The van der Waals surface area contributed by atoms with E-state index in [2.05, 4.69) is 81.4 Å². The molecule has 0 spiro atoms. The summed E-state index contributed by atoms with van der Waals surface area (Å²) in [7, 11) is 0. The summed E-state index contributed by atoms with van der Waals surface area (Å²) >= 11 is 0. The van der Waals surface area contributed by atoms with Crippen molar-refractivity contribution in [3.63, 3.8) is 0 Å². The first-order valence-corrected chi connectivity index (χ1v) is 28.0. The minimum absolute atomic E-state index is 0.000865. The molecule has 0 bridgehead atoms. The summed E-state index contributed by atoms with van der Waals surface area (Å²) in [4.78, 5) is 42.2. The zero-order valence-corrected chi connectivity index (χ0v) is 44.7. The number of aliphatic hydroxyl groups is 3. The Hall–Kier alpha value is -2.23. The van der Waals surface area contributed by atoms with Crippen molar-refractivity contribution < 1.29 is 44.7 Å². The van der Waals surface area contributed by atoms with Crippen molar-refractivity contribution in [3.05, 3.63) is 23.3 Å². The number of carboxylic acids is 2. The Labute approximate surface area is 414 Å². The van der Waals surface area contributed by atoms with Crippen molar-refractivity contribution in [2.24, 2.45) is 100 Å². The SMILES string of the molecule is CC1(COC(=O)C2(C)CCC3(C(=O)O)CCC4(C)C(=CCC5C6(C)CCC(O)C(C)(CO)C6CCC54C)C3C2)CCC2(C(=O)O)CCC3(C)C(=CCC4C5(C)CC(O)CC(C)(C)C5CCC43C)C2C1. The summed E-state index contributed by atoms with van der Waals surface area (Å²) in [6.07, 6.45) is 19.3. The van der Waals surface area contributed by atoms with Crippen LogP contribution in [0.2, 0.25) is 0 Å². The molecule has 69 heavy (non-hydrogen) atoms. The number of aliphatic carboxylic acids is 2. The molecule has 386 valence electrons. The van der Waals surface area contributed by atoms with Crippen molar-refractivity contribution in [1.82, 2.24) is 0 Å². The van der Waals surface area contributed by atoms with Crippen LogP contribution in [0.4, 0.5) is 0 Å². The van der Waals surface area contributed by atoms with Gasteiger partial charge in [0, 0.05) is 10.8 Å². The van der Waals surface area contributed by atoms with Gasteiger partial charge in [-0.2, -0.15) is 0 Å². The predicted octanol–water partition coefficient (Wildman–Crippen LogP) is 12.0. The third-order valence-electron chi connectivity index (χ3n) is 26.6. The lowest BCUT2D eigenvalue weighted by Crippen LogP contribution is -2.66. The summed E-state index contributed by atoms with van der Waals surface area (Å²) in [6, 6.07) is 0. The fourth-order valence-corrected chi connectivity index (χ4v) is 22.0. The van der Waals surface area contributed by atoms with E-state index in [4.69, 9.17) is 4.74 Å². The molecule has 8 fully saturated rings. The van der Waals surface area contributed by atoms with E-state index in [1.54, 1.807) is 0 Å². The molecular weight excluding hydrogens is 865 g/mol. The van der Waals surface area contributed by atoms with Crippen LogP contribution in [0.15, 0.2) is 23.3 Å². The molecule has 0 aromatic carbocycles. The highest BCUT2D eigenvalue weighted by Gasteiger charge is 2.72. The van der Waals surface area contributed by atoms with E-state index >= 15 is 0 Å². The third kappa shape index (κ3) is 6.38. The smallest absolute Gasteiger partial charge is 0.311 e. The van der Waals surface area contributed by atoms with Gasteiger partial charge in [-0.3, -0.25) is 14.4 Å². The number of rotatable bonds is 6. The first-order valence-electron chi connectivity index (χ1n) is 28.0. The third-order valence-corrected chi connectivity index (χ3v) is 26.6. The highest BCUT2D eigenvalue weighted by Crippen LogP contribution is 2.78. The van der Waals surface area contributed by atoms with Crippen LogP contribution in [0, 0.1) is 100 Å². The standard InChI is InChI=1S/C60H92O9/c1-49(2)30-36(62)31-53(6)41(49)16-20-58(11)44(53)15-13-37-39-32-50(3,22-26-59(39,46(64)65)28-24-55(37,58)8)35-69-48(68)51(4)23-27-60(47(66)67)29-25-56(9)38(40(60)33-51)12-14-43-52(5)19-18-45(63)54(7,34-61)42(52)17-21-57(43,56)10/h12-13,36,39-45,61-63H,14-35H2,1-11H3,(H,64,65)(H,66,67). The Morgan fingerprint density at radius 3 is 1.62 bits per heavy atom. The number of hydrogen-bond acceptors (Lipinski definition) is 7. The van der Waals surface area contributed by atoms with Crippen LogP contribution in [0.1, 0.15) is 205 Å². The molecule has 0 amide bonds. The van der Waals surface area contributed by atoms with Gasteiger partial charge in [-0.05, 0) is 209 Å². The molecule has 0 heterocycles.